The summed E-state index contributed by atoms with van der Waals surface area (Å²) in [5, 5.41) is 6.88. The van der Waals surface area contributed by atoms with Crippen molar-refractivity contribution >= 4 is 28.6 Å². The Bertz CT molecular complexity index is 614. The van der Waals surface area contributed by atoms with Crippen LogP contribution in [0.25, 0.3) is 10.9 Å². The first-order chi connectivity index (χ1) is 8.78. The molecule has 18 heavy (non-hydrogen) atoms. The summed E-state index contributed by atoms with van der Waals surface area (Å²) in [6, 6.07) is 6.51. The van der Waals surface area contributed by atoms with Crippen LogP contribution in [0, 0.1) is 6.92 Å². The lowest BCUT2D eigenvalue weighted by atomic mass is 10.1. The van der Waals surface area contributed by atoms with Crippen LogP contribution in [0.15, 0.2) is 29.7 Å². The molecule has 92 valence electrons. The van der Waals surface area contributed by atoms with Gasteiger partial charge < -0.3 is 5.32 Å². The second-order valence-electron chi connectivity index (χ2n) is 4.39. The Morgan fingerprint density at radius 1 is 1.33 bits per heavy atom. The lowest BCUT2D eigenvalue weighted by Gasteiger charge is -2.11. The molecular weight excluding hydrogens is 242 g/mol. The first-order valence-electron chi connectivity index (χ1n) is 6.04. The molecule has 2 aromatic rings. The van der Waals surface area contributed by atoms with Crippen LogP contribution < -0.4 is 5.32 Å². The van der Waals surface area contributed by atoms with Crippen LogP contribution in [-0.4, -0.2) is 17.0 Å². The van der Waals surface area contributed by atoms with Gasteiger partial charge in [-0.05, 0) is 36.4 Å². The van der Waals surface area contributed by atoms with Crippen molar-refractivity contribution in [3.05, 3.63) is 40.9 Å². The van der Waals surface area contributed by atoms with E-state index in [0.717, 1.165) is 23.0 Å². The van der Waals surface area contributed by atoms with E-state index in [4.69, 9.17) is 0 Å². The average molecular weight is 257 g/mol. The Morgan fingerprint density at radius 2 is 2.22 bits per heavy atom. The van der Waals surface area contributed by atoms with Crippen LogP contribution in [0.2, 0.25) is 0 Å². The minimum Gasteiger partial charge on any atom is -0.357 e. The van der Waals surface area contributed by atoms with Crippen LogP contribution in [-0.2, 0) is 0 Å². The fourth-order valence-corrected chi connectivity index (χ4v) is 3.15. The molecule has 3 nitrogen and oxygen atoms in total. The van der Waals surface area contributed by atoms with Crippen molar-refractivity contribution in [1.82, 2.24) is 9.97 Å². The lowest BCUT2D eigenvalue weighted by Crippen LogP contribution is -1.99. The second kappa shape index (κ2) is 4.61. The summed E-state index contributed by atoms with van der Waals surface area (Å²) < 4.78 is 0. The number of fused-ring (bicyclic) bond motifs is 1. The van der Waals surface area contributed by atoms with Crippen LogP contribution >= 0.6 is 11.8 Å². The molecule has 1 aromatic carbocycles. The number of thioether (sulfide) groups is 1. The summed E-state index contributed by atoms with van der Waals surface area (Å²) in [6.45, 7) is 2.04. The smallest absolute Gasteiger partial charge is 0.223 e. The van der Waals surface area contributed by atoms with Gasteiger partial charge in [0, 0.05) is 17.7 Å². The number of anilines is 1. The van der Waals surface area contributed by atoms with Crippen molar-refractivity contribution in [1.29, 1.82) is 0 Å². The molecule has 0 radical (unpaired) electrons. The van der Waals surface area contributed by atoms with Crippen LogP contribution in [0.3, 0.4) is 0 Å². The highest BCUT2D eigenvalue weighted by Crippen LogP contribution is 2.39. The Balaban J connectivity index is 2.09. The van der Waals surface area contributed by atoms with E-state index in [9.17, 15) is 0 Å². The van der Waals surface area contributed by atoms with Gasteiger partial charge in [-0.15, -0.1) is 11.8 Å². The number of nitrogens with one attached hydrogen (secondary N) is 1. The van der Waals surface area contributed by atoms with Crippen LogP contribution in [0.5, 0.6) is 0 Å². The molecule has 0 spiro atoms. The number of allylic oxidation sites excluding steroid dienone is 1. The van der Waals surface area contributed by atoms with Crippen molar-refractivity contribution < 1.29 is 0 Å². The fourth-order valence-electron chi connectivity index (χ4n) is 2.21. The molecule has 1 N–H and O–H groups in total. The monoisotopic (exact) mass is 257 g/mol. The first kappa shape index (κ1) is 11.5. The minimum absolute atomic E-state index is 0.553. The maximum absolute atomic E-state index is 4.48. The molecular formula is C14H15N3S. The number of rotatable bonds is 2. The number of hydrogen-bond acceptors (Lipinski definition) is 4. The van der Waals surface area contributed by atoms with Gasteiger partial charge in [-0.25, -0.2) is 9.97 Å². The molecule has 1 aliphatic rings. The maximum atomic E-state index is 4.48. The van der Waals surface area contributed by atoms with Crippen molar-refractivity contribution in [2.75, 3.05) is 12.4 Å². The van der Waals surface area contributed by atoms with E-state index in [2.05, 4.69) is 45.0 Å². The zero-order valence-corrected chi connectivity index (χ0v) is 11.3. The van der Waals surface area contributed by atoms with E-state index in [-0.39, 0.29) is 0 Å². The molecule has 4 heteroatoms. The van der Waals surface area contributed by atoms with E-state index < -0.39 is 0 Å². The largest absolute Gasteiger partial charge is 0.357 e. The number of aryl methyl sites for hydroxylation is 1. The van der Waals surface area contributed by atoms with E-state index in [1.807, 2.05) is 25.7 Å². The van der Waals surface area contributed by atoms with Gasteiger partial charge in [-0.3, -0.25) is 0 Å². The predicted molar refractivity (Wildman–Crippen MR) is 77.9 cm³/mol. The molecule has 1 atom stereocenters. The molecule has 0 fully saturated rings. The molecule has 2 heterocycles. The Morgan fingerprint density at radius 3 is 2.94 bits per heavy atom. The SMILES string of the molecule is CNc1nc(C)c2cc(C3CC=CS3)ccc2n1. The average Bonchev–Trinajstić information content (AvgIpc) is 2.92. The van der Waals surface area contributed by atoms with Crippen molar-refractivity contribution in [3.8, 4) is 0 Å². The van der Waals surface area contributed by atoms with Crippen LogP contribution in [0.1, 0.15) is 22.9 Å². The van der Waals surface area contributed by atoms with Crippen molar-refractivity contribution in [2.45, 2.75) is 18.6 Å². The van der Waals surface area contributed by atoms with E-state index in [0.29, 0.717) is 11.2 Å². The summed E-state index contributed by atoms with van der Waals surface area (Å²) in [7, 11) is 1.84. The molecule has 3 rings (SSSR count). The molecule has 0 aliphatic carbocycles. The molecule has 1 aliphatic heterocycles. The summed E-state index contributed by atoms with van der Waals surface area (Å²) in [5.74, 6) is 0.685. The highest BCUT2D eigenvalue weighted by atomic mass is 32.2. The standard InChI is InChI=1S/C14H15N3S/c1-9-11-8-10(13-4-3-7-18-13)5-6-12(11)17-14(15-2)16-9/h3,5-8,13H,4H2,1-2H3,(H,15,16,17). The Labute approximate surface area is 111 Å². The molecule has 0 amide bonds. The molecule has 1 unspecified atom stereocenters. The van der Waals surface area contributed by atoms with Crippen molar-refractivity contribution in [2.24, 2.45) is 0 Å². The maximum Gasteiger partial charge on any atom is 0.223 e. The summed E-state index contributed by atoms with van der Waals surface area (Å²) in [6.07, 6.45) is 3.34. The summed E-state index contributed by atoms with van der Waals surface area (Å²) >= 11 is 1.88. The highest BCUT2D eigenvalue weighted by molar-refractivity contribution is 8.02. The van der Waals surface area contributed by atoms with Gasteiger partial charge in [0.05, 0.1) is 11.2 Å². The van der Waals surface area contributed by atoms with E-state index in [1.54, 1.807) is 0 Å². The van der Waals surface area contributed by atoms with Gasteiger partial charge >= 0.3 is 0 Å². The second-order valence-corrected chi connectivity index (χ2v) is 5.50. The van der Waals surface area contributed by atoms with Gasteiger partial charge in [-0.2, -0.15) is 0 Å². The number of benzene rings is 1. The highest BCUT2D eigenvalue weighted by Gasteiger charge is 2.14. The summed E-state index contributed by atoms with van der Waals surface area (Å²) in [5.41, 5.74) is 3.40. The Hall–Kier alpha value is -1.55. The third kappa shape index (κ3) is 1.97. The minimum atomic E-state index is 0.553. The normalized spacial score (nSPS) is 18.4. The van der Waals surface area contributed by atoms with Gasteiger partial charge in [0.25, 0.3) is 0 Å². The molecule has 0 saturated heterocycles. The molecule has 0 bridgehead atoms. The van der Waals surface area contributed by atoms with Crippen molar-refractivity contribution in [3.63, 3.8) is 0 Å². The topological polar surface area (TPSA) is 37.8 Å². The first-order valence-corrected chi connectivity index (χ1v) is 6.99. The van der Waals surface area contributed by atoms with Gasteiger partial charge in [0.2, 0.25) is 5.95 Å². The van der Waals surface area contributed by atoms with Gasteiger partial charge in [0.1, 0.15) is 0 Å². The Kier molecular flexibility index (Phi) is 2.96. The van der Waals surface area contributed by atoms with E-state index in [1.165, 1.54) is 5.56 Å². The third-order valence-electron chi connectivity index (χ3n) is 3.19. The van der Waals surface area contributed by atoms with E-state index >= 15 is 0 Å². The third-order valence-corrected chi connectivity index (χ3v) is 4.34. The zero-order chi connectivity index (χ0) is 12.5. The van der Waals surface area contributed by atoms with Crippen LogP contribution in [0.4, 0.5) is 5.95 Å². The number of nitrogens with zero attached hydrogens (tertiary/aromatic N) is 2. The zero-order valence-electron chi connectivity index (χ0n) is 10.5. The molecule has 0 saturated carbocycles. The predicted octanol–water partition coefficient (Wildman–Crippen LogP) is 3.67. The number of aromatic nitrogens is 2. The quantitative estimate of drug-likeness (QED) is 0.890. The summed E-state index contributed by atoms with van der Waals surface area (Å²) in [4.78, 5) is 8.92. The lowest BCUT2D eigenvalue weighted by molar-refractivity contribution is 0.991. The van der Waals surface area contributed by atoms with Gasteiger partial charge in [-0.1, -0.05) is 12.1 Å². The molecule has 1 aromatic heterocycles. The fraction of sp³-hybridized carbons (Fsp3) is 0.286. The van der Waals surface area contributed by atoms with Gasteiger partial charge in [0.15, 0.2) is 0 Å². The number of hydrogen-bond donors (Lipinski definition) is 1.